The highest BCUT2D eigenvalue weighted by atomic mass is 16.6. The van der Waals surface area contributed by atoms with Crippen molar-refractivity contribution >= 4 is 12.1 Å². The molecule has 3 aliphatic rings. The maximum absolute atomic E-state index is 13.5. The van der Waals surface area contributed by atoms with Gasteiger partial charge < -0.3 is 24.6 Å². The molecular weight excluding hydrogens is 594 g/mol. The van der Waals surface area contributed by atoms with Crippen LogP contribution in [0.2, 0.25) is 0 Å². The molecule has 47 heavy (non-hydrogen) atoms. The summed E-state index contributed by atoms with van der Waals surface area (Å²) in [6.07, 6.45) is 16.0. The van der Waals surface area contributed by atoms with Gasteiger partial charge in [-0.1, -0.05) is 69.9 Å². The van der Waals surface area contributed by atoms with Crippen LogP contribution < -0.4 is 0 Å². The number of rotatable bonds is 6. The second-order valence-corrected chi connectivity index (χ2v) is 14.2. The molecule has 1 aromatic rings. The lowest BCUT2D eigenvalue weighted by Gasteiger charge is -2.44. The van der Waals surface area contributed by atoms with Gasteiger partial charge in [0.1, 0.15) is 11.7 Å². The molecule has 3 heterocycles. The fraction of sp³-hybridized carbons (Fsp3) is 0.658. The Morgan fingerprint density at radius 2 is 1.87 bits per heavy atom. The van der Waals surface area contributed by atoms with Crippen molar-refractivity contribution in [3.05, 3.63) is 66.0 Å². The first-order valence-corrected chi connectivity index (χ1v) is 17.7. The Hall–Kier alpha value is -3.01. The maximum Gasteiger partial charge on any atom is 0.410 e. The van der Waals surface area contributed by atoms with Gasteiger partial charge in [0.15, 0.2) is 6.10 Å². The lowest BCUT2D eigenvalue weighted by atomic mass is 9.88. The van der Waals surface area contributed by atoms with Gasteiger partial charge in [0.2, 0.25) is 0 Å². The quantitative estimate of drug-likeness (QED) is 0.159. The molecule has 0 radical (unpaired) electrons. The van der Waals surface area contributed by atoms with E-state index < -0.39 is 36.0 Å². The summed E-state index contributed by atoms with van der Waals surface area (Å²) >= 11 is 0. The summed E-state index contributed by atoms with van der Waals surface area (Å²) in [6.45, 7) is 11.7. The Kier molecular flexibility index (Phi) is 13.6. The van der Waals surface area contributed by atoms with E-state index in [1.165, 1.54) is 38.5 Å². The number of allylic oxidation sites excluding steroid dienone is 3. The van der Waals surface area contributed by atoms with Crippen LogP contribution in [-0.4, -0.2) is 92.7 Å². The number of piperazine rings is 1. The second kappa shape index (κ2) is 17.4. The Labute approximate surface area is 281 Å². The number of aliphatic hydroxyl groups is 2. The van der Waals surface area contributed by atoms with Crippen LogP contribution in [0, 0.1) is 5.92 Å². The summed E-state index contributed by atoms with van der Waals surface area (Å²) in [4.78, 5) is 35.1. The van der Waals surface area contributed by atoms with E-state index >= 15 is 0 Å². The fourth-order valence-electron chi connectivity index (χ4n) is 7.12. The molecule has 0 aromatic carbocycles. The van der Waals surface area contributed by atoms with E-state index in [-0.39, 0.29) is 37.1 Å². The highest BCUT2D eigenvalue weighted by Crippen LogP contribution is 2.29. The number of ether oxygens (including phenoxy) is 2. The molecule has 1 aliphatic carbocycles. The number of nitrogens with zero attached hydrogens (tertiary/aromatic N) is 3. The van der Waals surface area contributed by atoms with Crippen molar-refractivity contribution in [2.24, 2.45) is 5.92 Å². The predicted octanol–water partition coefficient (Wildman–Crippen LogP) is 6.32. The Bertz CT molecular complexity index is 1240. The predicted molar refractivity (Wildman–Crippen MR) is 184 cm³/mol. The number of carbonyl (C=O) groups excluding carboxylic acids is 2. The summed E-state index contributed by atoms with van der Waals surface area (Å²) in [5.74, 6) is -0.692. The lowest BCUT2D eigenvalue weighted by Crippen LogP contribution is -2.57. The Balaban J connectivity index is 1.47. The molecule has 260 valence electrons. The molecule has 1 saturated carbocycles. The number of esters is 1. The minimum atomic E-state index is -1.45. The van der Waals surface area contributed by atoms with Crippen molar-refractivity contribution in [1.29, 1.82) is 0 Å². The van der Waals surface area contributed by atoms with Crippen LogP contribution in [0.1, 0.15) is 104 Å². The van der Waals surface area contributed by atoms with Crippen LogP contribution in [0.3, 0.4) is 0 Å². The van der Waals surface area contributed by atoms with Crippen molar-refractivity contribution in [2.75, 3.05) is 19.6 Å². The molecule has 1 aromatic heterocycles. The fourth-order valence-corrected chi connectivity index (χ4v) is 7.12. The van der Waals surface area contributed by atoms with Gasteiger partial charge >= 0.3 is 12.1 Å². The van der Waals surface area contributed by atoms with Gasteiger partial charge in [-0.3, -0.25) is 14.7 Å². The van der Waals surface area contributed by atoms with Crippen LogP contribution >= 0.6 is 0 Å². The van der Waals surface area contributed by atoms with Crippen molar-refractivity contribution in [1.82, 2.24) is 14.8 Å². The zero-order chi connectivity index (χ0) is 34.0. The average Bonchev–Trinajstić information content (AvgIpc) is 3.33. The van der Waals surface area contributed by atoms with E-state index in [1.54, 1.807) is 24.1 Å². The maximum atomic E-state index is 13.5. The summed E-state index contributed by atoms with van der Waals surface area (Å²) in [7, 11) is 0. The van der Waals surface area contributed by atoms with Crippen molar-refractivity contribution in [2.45, 2.75) is 134 Å². The van der Waals surface area contributed by atoms with E-state index in [2.05, 4.69) is 23.7 Å². The first-order valence-electron chi connectivity index (χ1n) is 17.7. The van der Waals surface area contributed by atoms with Crippen LogP contribution in [0.15, 0.2) is 60.3 Å². The first kappa shape index (κ1) is 36.8. The van der Waals surface area contributed by atoms with Crippen LogP contribution in [0.25, 0.3) is 0 Å². The molecule has 4 rings (SSSR count). The van der Waals surface area contributed by atoms with E-state index in [0.29, 0.717) is 19.1 Å². The smallest absolute Gasteiger partial charge is 0.410 e. The molecule has 7 atom stereocenters. The molecule has 2 aliphatic heterocycles. The third-order valence-electron chi connectivity index (χ3n) is 10.1. The van der Waals surface area contributed by atoms with E-state index in [9.17, 15) is 19.8 Å². The van der Waals surface area contributed by atoms with Gasteiger partial charge in [-0.25, -0.2) is 4.79 Å². The highest BCUT2D eigenvalue weighted by molar-refractivity contribution is 5.70. The van der Waals surface area contributed by atoms with Gasteiger partial charge in [0, 0.05) is 55.4 Å². The topological polar surface area (TPSA) is 112 Å². The lowest BCUT2D eigenvalue weighted by molar-refractivity contribution is -0.151. The molecule has 2 N–H and O–H groups in total. The van der Waals surface area contributed by atoms with Crippen molar-refractivity contribution < 1.29 is 29.3 Å². The number of carbonyl (C=O) groups is 2. The minimum absolute atomic E-state index is 0.104. The van der Waals surface area contributed by atoms with Gasteiger partial charge in [-0.05, 0) is 70.2 Å². The molecule has 1 amide bonds. The van der Waals surface area contributed by atoms with Gasteiger partial charge in [-0.15, -0.1) is 0 Å². The standard InChI is InChI=1S/C38H57N3O6/c1-27(33-17-10-11-22-39-33)13-12-14-28(2)36-29(3)18-19-34(38(5,45)21-20-32(42)25-35(43)47-36)46-37(44)40-23-24-41(30(4)26-40)31-15-8-6-7-9-16-31/h10-14,17-19,22,27,29-32,34,36,42,45H,6-9,15-16,20-21,23-26H2,1-5H3/b13-12+,19-18+,28-14+/t27-,29-,30?,32-,34-,36+,38-/m0/s1. The SMILES string of the molecule is C/C(=C\C=C\[C@H](C)c1ccccn1)[C@H]1OC(=O)C[C@@H](O)CC[C@](C)(O)[C@@H](OC(=O)N2CCN(C3CCCCCC3)C(C)C2)/C=C/[C@@H]1C. The zero-order valence-electron chi connectivity index (χ0n) is 29.1. The molecule has 2 fully saturated rings. The van der Waals surface area contributed by atoms with E-state index in [0.717, 1.165) is 17.8 Å². The van der Waals surface area contributed by atoms with Crippen LogP contribution in [0.4, 0.5) is 4.79 Å². The van der Waals surface area contributed by atoms with Crippen LogP contribution in [-0.2, 0) is 14.3 Å². The highest BCUT2D eigenvalue weighted by Gasteiger charge is 2.38. The number of pyridine rings is 1. The van der Waals surface area contributed by atoms with Gasteiger partial charge in [0.05, 0.1) is 12.5 Å². The summed E-state index contributed by atoms with van der Waals surface area (Å²) in [6, 6.07) is 6.64. The number of amides is 1. The number of aromatic nitrogens is 1. The van der Waals surface area contributed by atoms with Crippen molar-refractivity contribution in [3.63, 3.8) is 0 Å². The van der Waals surface area contributed by atoms with E-state index in [4.69, 9.17) is 9.47 Å². The van der Waals surface area contributed by atoms with Gasteiger partial charge in [0.25, 0.3) is 0 Å². The molecular formula is C38H57N3O6. The number of cyclic esters (lactones) is 1. The second-order valence-electron chi connectivity index (χ2n) is 14.2. The Morgan fingerprint density at radius 1 is 1.13 bits per heavy atom. The summed E-state index contributed by atoms with van der Waals surface area (Å²) in [5, 5.41) is 22.2. The minimum Gasteiger partial charge on any atom is -0.457 e. The van der Waals surface area contributed by atoms with Crippen LogP contribution in [0.5, 0.6) is 0 Å². The monoisotopic (exact) mass is 651 g/mol. The molecule has 0 bridgehead atoms. The van der Waals surface area contributed by atoms with Crippen molar-refractivity contribution in [3.8, 4) is 0 Å². The summed E-state index contributed by atoms with van der Waals surface area (Å²) in [5.41, 5.74) is 0.336. The third-order valence-corrected chi connectivity index (χ3v) is 10.1. The number of aliphatic hydroxyl groups excluding tert-OH is 1. The van der Waals surface area contributed by atoms with E-state index in [1.807, 2.05) is 56.4 Å². The molecule has 0 spiro atoms. The average molecular weight is 652 g/mol. The Morgan fingerprint density at radius 3 is 2.55 bits per heavy atom. The summed E-state index contributed by atoms with van der Waals surface area (Å²) < 4.78 is 11.9. The first-order chi connectivity index (χ1) is 22.4. The molecule has 9 nitrogen and oxygen atoms in total. The zero-order valence-corrected chi connectivity index (χ0v) is 29.1. The molecule has 9 heteroatoms. The normalized spacial score (nSPS) is 32.5. The third kappa shape index (κ3) is 10.7. The van der Waals surface area contributed by atoms with Gasteiger partial charge in [-0.2, -0.15) is 0 Å². The number of hydrogen-bond donors (Lipinski definition) is 2. The number of hydrogen-bond acceptors (Lipinski definition) is 8. The molecule has 1 saturated heterocycles. The molecule has 1 unspecified atom stereocenters. The largest absolute Gasteiger partial charge is 0.457 e.